The molecule has 6 heteroatoms. The zero-order chi connectivity index (χ0) is 13.8. The van der Waals surface area contributed by atoms with E-state index < -0.39 is 5.97 Å². The van der Waals surface area contributed by atoms with E-state index in [0.717, 1.165) is 0 Å². The zero-order valence-electron chi connectivity index (χ0n) is 9.59. The summed E-state index contributed by atoms with van der Waals surface area (Å²) in [5, 5.41) is 21.0. The summed E-state index contributed by atoms with van der Waals surface area (Å²) in [4.78, 5) is 15.0. The molecule has 2 N–H and O–H groups in total. The summed E-state index contributed by atoms with van der Waals surface area (Å²) in [5.74, 6) is -0.751. The van der Waals surface area contributed by atoms with Crippen LogP contribution in [0, 0.1) is 11.3 Å². The van der Waals surface area contributed by atoms with Crippen LogP contribution in [0.2, 0.25) is 5.02 Å². The Labute approximate surface area is 114 Å². The lowest BCUT2D eigenvalue weighted by atomic mass is 10.2. The summed E-state index contributed by atoms with van der Waals surface area (Å²) in [6.45, 7) is 0. The van der Waals surface area contributed by atoms with Crippen LogP contribution in [0.3, 0.4) is 0 Å². The van der Waals surface area contributed by atoms with Crippen molar-refractivity contribution in [3.63, 3.8) is 0 Å². The van der Waals surface area contributed by atoms with Gasteiger partial charge in [-0.2, -0.15) is 5.26 Å². The van der Waals surface area contributed by atoms with E-state index in [1.807, 2.05) is 6.07 Å². The quantitative estimate of drug-likeness (QED) is 0.897. The van der Waals surface area contributed by atoms with Crippen molar-refractivity contribution in [1.29, 1.82) is 5.26 Å². The molecule has 1 aromatic carbocycles. The van der Waals surface area contributed by atoms with E-state index in [0.29, 0.717) is 17.1 Å². The first-order chi connectivity index (χ1) is 9.11. The summed E-state index contributed by atoms with van der Waals surface area (Å²) < 4.78 is 0. The molecule has 2 rings (SSSR count). The number of benzene rings is 1. The van der Waals surface area contributed by atoms with Gasteiger partial charge in [0.2, 0.25) is 0 Å². The molecule has 19 heavy (non-hydrogen) atoms. The molecule has 0 saturated heterocycles. The van der Waals surface area contributed by atoms with Crippen molar-refractivity contribution >= 4 is 29.1 Å². The average molecular weight is 274 g/mol. The van der Waals surface area contributed by atoms with Crippen LogP contribution in [0.1, 0.15) is 15.9 Å². The number of carboxylic acid groups (broad SMARTS) is 1. The molecule has 1 aromatic heterocycles. The van der Waals surface area contributed by atoms with E-state index in [4.69, 9.17) is 22.0 Å². The van der Waals surface area contributed by atoms with Gasteiger partial charge in [-0.05, 0) is 30.3 Å². The highest BCUT2D eigenvalue weighted by molar-refractivity contribution is 6.33. The maximum Gasteiger partial charge on any atom is 0.337 e. The zero-order valence-corrected chi connectivity index (χ0v) is 10.3. The van der Waals surface area contributed by atoms with Crippen molar-refractivity contribution in [2.24, 2.45) is 0 Å². The Morgan fingerprint density at radius 1 is 1.42 bits per heavy atom. The van der Waals surface area contributed by atoms with Gasteiger partial charge in [0.25, 0.3) is 0 Å². The number of nitrogens with one attached hydrogen (secondary N) is 1. The fourth-order valence-electron chi connectivity index (χ4n) is 1.50. The van der Waals surface area contributed by atoms with Gasteiger partial charge >= 0.3 is 5.97 Å². The third-order valence-electron chi connectivity index (χ3n) is 2.39. The molecule has 0 amide bonds. The molecule has 0 aliphatic rings. The first-order valence-corrected chi connectivity index (χ1v) is 5.64. The third-order valence-corrected chi connectivity index (χ3v) is 2.72. The number of anilines is 2. The Morgan fingerprint density at radius 2 is 2.21 bits per heavy atom. The largest absolute Gasteiger partial charge is 0.478 e. The number of hydrogen-bond donors (Lipinski definition) is 2. The topological polar surface area (TPSA) is 86.0 Å². The molecule has 0 aliphatic heterocycles. The van der Waals surface area contributed by atoms with Gasteiger partial charge in [-0.15, -0.1) is 0 Å². The molecular formula is C13H8ClN3O2. The molecular weight excluding hydrogens is 266 g/mol. The predicted molar refractivity (Wildman–Crippen MR) is 70.6 cm³/mol. The average Bonchev–Trinajstić information content (AvgIpc) is 2.41. The van der Waals surface area contributed by atoms with Gasteiger partial charge in [0.05, 0.1) is 16.1 Å². The van der Waals surface area contributed by atoms with Crippen LogP contribution in [-0.4, -0.2) is 16.1 Å². The first-order valence-electron chi connectivity index (χ1n) is 5.27. The number of nitriles is 1. The fraction of sp³-hybridized carbons (Fsp3) is 0. The molecule has 0 spiro atoms. The molecule has 94 valence electrons. The third kappa shape index (κ3) is 2.81. The van der Waals surface area contributed by atoms with Crippen LogP contribution < -0.4 is 5.32 Å². The lowest BCUT2D eigenvalue weighted by Gasteiger charge is -2.08. The highest BCUT2D eigenvalue weighted by Crippen LogP contribution is 2.23. The summed E-state index contributed by atoms with van der Waals surface area (Å²) in [5.41, 5.74) is 0.854. The van der Waals surface area contributed by atoms with Crippen molar-refractivity contribution in [1.82, 2.24) is 4.98 Å². The maximum atomic E-state index is 11.0. The molecule has 0 saturated carbocycles. The lowest BCUT2D eigenvalue weighted by Crippen LogP contribution is -2.01. The number of rotatable bonds is 3. The lowest BCUT2D eigenvalue weighted by molar-refractivity contribution is 0.0697. The molecule has 0 fully saturated rings. The molecule has 0 radical (unpaired) electrons. The second-order valence-electron chi connectivity index (χ2n) is 3.64. The van der Waals surface area contributed by atoms with E-state index in [-0.39, 0.29) is 10.6 Å². The fourth-order valence-corrected chi connectivity index (χ4v) is 1.70. The number of hydrogen-bond acceptors (Lipinski definition) is 4. The van der Waals surface area contributed by atoms with Crippen LogP contribution in [0.4, 0.5) is 11.5 Å². The van der Waals surface area contributed by atoms with Gasteiger partial charge in [0, 0.05) is 11.9 Å². The Bertz CT molecular complexity index is 680. The van der Waals surface area contributed by atoms with E-state index in [9.17, 15) is 4.79 Å². The number of nitrogens with zero attached hydrogens (tertiary/aromatic N) is 2. The molecule has 0 unspecified atom stereocenters. The van der Waals surface area contributed by atoms with Crippen molar-refractivity contribution < 1.29 is 9.90 Å². The number of aromatic nitrogens is 1. The molecule has 0 aliphatic carbocycles. The van der Waals surface area contributed by atoms with Crippen molar-refractivity contribution in [2.45, 2.75) is 0 Å². The highest BCUT2D eigenvalue weighted by Gasteiger charge is 2.10. The maximum absolute atomic E-state index is 11.0. The van der Waals surface area contributed by atoms with Crippen LogP contribution >= 0.6 is 11.6 Å². The van der Waals surface area contributed by atoms with Gasteiger partial charge in [0.15, 0.2) is 0 Å². The minimum atomic E-state index is -1.12. The predicted octanol–water partition coefficient (Wildman–Crippen LogP) is 3.05. The number of carboxylic acids is 1. The van der Waals surface area contributed by atoms with Gasteiger partial charge < -0.3 is 10.4 Å². The standard InChI is InChI=1S/C13H8ClN3O2/c14-11-4-3-9(6-10(11)13(18)19)17-12-8(7-15)2-1-5-16-12/h1-6H,(H,16,17)(H,18,19). The van der Waals surface area contributed by atoms with Crippen LogP contribution in [0.5, 0.6) is 0 Å². The van der Waals surface area contributed by atoms with E-state index >= 15 is 0 Å². The number of carbonyl (C=O) groups is 1. The SMILES string of the molecule is N#Cc1cccnc1Nc1ccc(Cl)c(C(=O)O)c1. The van der Waals surface area contributed by atoms with E-state index in [1.54, 1.807) is 18.2 Å². The van der Waals surface area contributed by atoms with Gasteiger partial charge in [-0.25, -0.2) is 9.78 Å². The van der Waals surface area contributed by atoms with Crippen molar-refractivity contribution in [3.8, 4) is 6.07 Å². The molecule has 1 heterocycles. The minimum Gasteiger partial charge on any atom is -0.478 e. The Morgan fingerprint density at radius 3 is 2.89 bits per heavy atom. The van der Waals surface area contributed by atoms with Crippen LogP contribution in [0.15, 0.2) is 36.5 Å². The molecule has 5 nitrogen and oxygen atoms in total. The molecule has 0 atom stereocenters. The van der Waals surface area contributed by atoms with E-state index in [1.165, 1.54) is 18.3 Å². The van der Waals surface area contributed by atoms with Crippen LogP contribution in [-0.2, 0) is 0 Å². The van der Waals surface area contributed by atoms with Crippen LogP contribution in [0.25, 0.3) is 0 Å². The van der Waals surface area contributed by atoms with Crippen molar-refractivity contribution in [3.05, 3.63) is 52.7 Å². The summed E-state index contributed by atoms with van der Waals surface area (Å²) in [6.07, 6.45) is 1.54. The summed E-state index contributed by atoms with van der Waals surface area (Å²) >= 11 is 5.78. The second-order valence-corrected chi connectivity index (χ2v) is 4.04. The second kappa shape index (κ2) is 5.38. The normalized spacial score (nSPS) is 9.68. The summed E-state index contributed by atoms with van der Waals surface area (Å²) in [7, 11) is 0. The highest BCUT2D eigenvalue weighted by atomic mass is 35.5. The number of aromatic carboxylic acids is 1. The summed E-state index contributed by atoms with van der Waals surface area (Å²) in [6, 6.07) is 9.74. The monoisotopic (exact) mass is 273 g/mol. The number of halogens is 1. The Kier molecular flexibility index (Phi) is 3.64. The van der Waals surface area contributed by atoms with Gasteiger partial charge in [0.1, 0.15) is 11.9 Å². The molecule has 0 bridgehead atoms. The molecule has 2 aromatic rings. The first kappa shape index (κ1) is 12.9. The minimum absolute atomic E-state index is 0.0129. The van der Waals surface area contributed by atoms with E-state index in [2.05, 4.69) is 10.3 Å². The van der Waals surface area contributed by atoms with Gasteiger partial charge in [-0.3, -0.25) is 0 Å². The van der Waals surface area contributed by atoms with Gasteiger partial charge in [-0.1, -0.05) is 11.6 Å². The number of pyridine rings is 1. The Hall–Kier alpha value is -2.58. The van der Waals surface area contributed by atoms with Crippen molar-refractivity contribution in [2.75, 3.05) is 5.32 Å². The smallest absolute Gasteiger partial charge is 0.337 e. The Balaban J connectivity index is 2.37.